The molecule has 1 heterocycles. The van der Waals surface area contributed by atoms with Crippen LogP contribution in [-0.2, 0) is 12.7 Å². The van der Waals surface area contributed by atoms with E-state index in [0.29, 0.717) is 18.2 Å². The van der Waals surface area contributed by atoms with Gasteiger partial charge in [0, 0.05) is 47.5 Å². The zero-order chi connectivity index (χ0) is 23.5. The third-order valence-corrected chi connectivity index (χ3v) is 5.67. The van der Waals surface area contributed by atoms with Gasteiger partial charge < -0.3 is 10.2 Å². The standard InChI is InChI=1S/C22H25F3N6O/c1-14-4-5-15(10-20(14)28-29-26)21(32)27-17-7-6-16(19(11-17)22(23,24)25)12-31-9-8-18(13-31)30(2)3/h4-7,10-11,18H,8-9,12-13H2,1-3H3,(H,27,32)/t18-/m1/s1. The Labute approximate surface area is 184 Å². The molecule has 1 N–H and O–H groups in total. The van der Waals surface area contributed by atoms with Crippen molar-refractivity contribution in [3.63, 3.8) is 0 Å². The lowest BCUT2D eigenvalue weighted by atomic mass is 10.0. The Bertz CT molecular complexity index is 1050. The molecule has 0 bridgehead atoms. The summed E-state index contributed by atoms with van der Waals surface area (Å²) in [4.78, 5) is 19.4. The number of amides is 1. The van der Waals surface area contributed by atoms with Crippen LogP contribution in [0, 0.1) is 6.92 Å². The minimum Gasteiger partial charge on any atom is -0.322 e. The minimum absolute atomic E-state index is 0.0459. The molecule has 1 fully saturated rings. The van der Waals surface area contributed by atoms with E-state index in [9.17, 15) is 18.0 Å². The fourth-order valence-electron chi connectivity index (χ4n) is 3.78. The number of anilines is 1. The molecule has 0 aromatic heterocycles. The smallest absolute Gasteiger partial charge is 0.322 e. The third kappa shape index (κ3) is 5.59. The number of nitrogens with zero attached hydrogens (tertiary/aromatic N) is 5. The second kappa shape index (κ2) is 9.60. The van der Waals surface area contributed by atoms with E-state index in [0.717, 1.165) is 19.0 Å². The Morgan fingerprint density at radius 2 is 2.03 bits per heavy atom. The summed E-state index contributed by atoms with van der Waals surface area (Å²) in [7, 11) is 3.94. The van der Waals surface area contributed by atoms with Gasteiger partial charge in [-0.1, -0.05) is 17.2 Å². The van der Waals surface area contributed by atoms with Crippen LogP contribution < -0.4 is 5.32 Å². The Morgan fingerprint density at radius 3 is 2.66 bits per heavy atom. The molecule has 7 nitrogen and oxygen atoms in total. The van der Waals surface area contributed by atoms with Crippen molar-refractivity contribution in [2.45, 2.75) is 32.1 Å². The summed E-state index contributed by atoms with van der Waals surface area (Å²) in [5, 5.41) is 6.03. The average Bonchev–Trinajstić information content (AvgIpc) is 3.19. The number of nitrogens with one attached hydrogen (secondary N) is 1. The van der Waals surface area contributed by atoms with Gasteiger partial charge in [0.15, 0.2) is 0 Å². The van der Waals surface area contributed by atoms with Crippen molar-refractivity contribution in [1.82, 2.24) is 9.80 Å². The van der Waals surface area contributed by atoms with Crippen LogP contribution in [-0.4, -0.2) is 48.9 Å². The molecule has 0 spiro atoms. The zero-order valence-electron chi connectivity index (χ0n) is 18.1. The molecule has 0 aliphatic carbocycles. The Balaban J connectivity index is 1.81. The summed E-state index contributed by atoms with van der Waals surface area (Å²) in [6, 6.07) is 8.72. The first-order chi connectivity index (χ1) is 15.1. The van der Waals surface area contributed by atoms with Gasteiger partial charge in [0.2, 0.25) is 0 Å². The van der Waals surface area contributed by atoms with Crippen molar-refractivity contribution in [3.05, 3.63) is 69.1 Å². The molecule has 2 aromatic rings. The first-order valence-corrected chi connectivity index (χ1v) is 10.1. The molecule has 0 saturated carbocycles. The predicted molar refractivity (Wildman–Crippen MR) is 117 cm³/mol. The van der Waals surface area contributed by atoms with Gasteiger partial charge in [-0.15, -0.1) is 0 Å². The molecule has 2 aromatic carbocycles. The SMILES string of the molecule is Cc1ccc(C(=O)Nc2ccc(CN3CC[C@@H](N(C)C)C3)c(C(F)(F)F)c2)cc1N=[N+]=[N-]. The van der Waals surface area contributed by atoms with E-state index in [1.807, 2.05) is 19.0 Å². The van der Waals surface area contributed by atoms with E-state index in [1.54, 1.807) is 13.0 Å². The van der Waals surface area contributed by atoms with Gasteiger partial charge in [-0.25, -0.2) is 0 Å². The van der Waals surface area contributed by atoms with Crippen LogP contribution in [0.2, 0.25) is 0 Å². The number of hydrogen-bond acceptors (Lipinski definition) is 4. The van der Waals surface area contributed by atoms with Gasteiger partial charge in [0.05, 0.1) is 5.56 Å². The number of likely N-dealkylation sites (tertiary alicyclic amines) is 1. The topological polar surface area (TPSA) is 84.3 Å². The van der Waals surface area contributed by atoms with Crippen LogP contribution in [0.3, 0.4) is 0 Å². The van der Waals surface area contributed by atoms with Crippen molar-refractivity contribution in [2.75, 3.05) is 32.5 Å². The normalized spacial score (nSPS) is 16.8. The molecule has 1 amide bonds. The van der Waals surface area contributed by atoms with Crippen LogP contribution in [0.25, 0.3) is 10.4 Å². The molecule has 1 aliphatic rings. The van der Waals surface area contributed by atoms with Gasteiger partial charge in [-0.2, -0.15) is 13.2 Å². The Kier molecular flexibility index (Phi) is 7.08. The fourth-order valence-corrected chi connectivity index (χ4v) is 3.78. The number of benzene rings is 2. The van der Waals surface area contributed by atoms with Gasteiger partial charge >= 0.3 is 6.18 Å². The molecule has 1 aliphatic heterocycles. The number of rotatable bonds is 6. The number of alkyl halides is 3. The lowest BCUT2D eigenvalue weighted by Crippen LogP contribution is -2.31. The lowest BCUT2D eigenvalue weighted by molar-refractivity contribution is -0.138. The van der Waals surface area contributed by atoms with E-state index < -0.39 is 17.6 Å². The zero-order valence-corrected chi connectivity index (χ0v) is 18.1. The number of aryl methyl sites for hydroxylation is 1. The van der Waals surface area contributed by atoms with Crippen molar-refractivity contribution in [3.8, 4) is 0 Å². The summed E-state index contributed by atoms with van der Waals surface area (Å²) in [5.41, 5.74) is 9.24. The van der Waals surface area contributed by atoms with E-state index in [4.69, 9.17) is 5.53 Å². The second-order valence-corrected chi connectivity index (χ2v) is 8.16. The van der Waals surface area contributed by atoms with Crippen LogP contribution >= 0.6 is 0 Å². The van der Waals surface area contributed by atoms with Crippen molar-refractivity contribution >= 4 is 17.3 Å². The summed E-state index contributed by atoms with van der Waals surface area (Å²) in [5.74, 6) is -0.589. The van der Waals surface area contributed by atoms with Crippen molar-refractivity contribution in [2.24, 2.45) is 5.11 Å². The largest absolute Gasteiger partial charge is 0.416 e. The highest BCUT2D eigenvalue weighted by molar-refractivity contribution is 6.04. The van der Waals surface area contributed by atoms with E-state index in [2.05, 4.69) is 20.2 Å². The molecule has 32 heavy (non-hydrogen) atoms. The maximum Gasteiger partial charge on any atom is 0.416 e. The first-order valence-electron chi connectivity index (χ1n) is 10.1. The Hall–Kier alpha value is -3.07. The maximum atomic E-state index is 13.8. The molecular weight excluding hydrogens is 421 g/mol. The summed E-state index contributed by atoms with van der Waals surface area (Å²) in [6.07, 6.45) is -3.63. The van der Waals surface area contributed by atoms with Crippen molar-refractivity contribution < 1.29 is 18.0 Å². The van der Waals surface area contributed by atoms with E-state index >= 15 is 0 Å². The number of halogens is 3. The molecule has 10 heteroatoms. The highest BCUT2D eigenvalue weighted by Gasteiger charge is 2.35. The predicted octanol–water partition coefficient (Wildman–Crippen LogP) is 5.34. The quantitative estimate of drug-likeness (QED) is 0.369. The summed E-state index contributed by atoms with van der Waals surface area (Å²) in [6.45, 7) is 3.37. The average molecular weight is 446 g/mol. The van der Waals surface area contributed by atoms with Crippen LogP contribution in [0.15, 0.2) is 41.5 Å². The lowest BCUT2D eigenvalue weighted by Gasteiger charge is -2.22. The van der Waals surface area contributed by atoms with Gasteiger partial charge in [0.1, 0.15) is 0 Å². The van der Waals surface area contributed by atoms with Crippen LogP contribution in [0.1, 0.15) is 33.5 Å². The molecule has 0 unspecified atom stereocenters. The van der Waals surface area contributed by atoms with E-state index in [1.165, 1.54) is 24.3 Å². The number of likely N-dealkylation sites (N-methyl/N-ethyl adjacent to an activating group) is 1. The Morgan fingerprint density at radius 1 is 1.28 bits per heavy atom. The molecule has 1 atom stereocenters. The third-order valence-electron chi connectivity index (χ3n) is 5.67. The minimum atomic E-state index is -4.55. The first kappa shape index (κ1) is 23.6. The molecule has 1 saturated heterocycles. The monoisotopic (exact) mass is 446 g/mol. The molecule has 3 rings (SSSR count). The fraction of sp³-hybridized carbons (Fsp3) is 0.409. The number of azide groups is 1. The van der Waals surface area contributed by atoms with Crippen LogP contribution in [0.4, 0.5) is 24.5 Å². The van der Waals surface area contributed by atoms with Gasteiger partial charge in [-0.3, -0.25) is 9.69 Å². The van der Waals surface area contributed by atoms with Gasteiger partial charge in [-0.05, 0) is 68.4 Å². The van der Waals surface area contributed by atoms with Gasteiger partial charge in [0.25, 0.3) is 5.91 Å². The van der Waals surface area contributed by atoms with Crippen molar-refractivity contribution in [1.29, 1.82) is 0 Å². The molecule has 0 radical (unpaired) electrons. The molecule has 170 valence electrons. The number of carbonyl (C=O) groups excluding carboxylic acids is 1. The highest BCUT2D eigenvalue weighted by atomic mass is 19.4. The number of hydrogen-bond donors (Lipinski definition) is 1. The molecular formula is C22H25F3N6O. The highest BCUT2D eigenvalue weighted by Crippen LogP contribution is 2.35. The second-order valence-electron chi connectivity index (χ2n) is 8.16. The summed E-state index contributed by atoms with van der Waals surface area (Å²) >= 11 is 0. The van der Waals surface area contributed by atoms with E-state index in [-0.39, 0.29) is 29.0 Å². The summed E-state index contributed by atoms with van der Waals surface area (Å²) < 4.78 is 41.3. The van der Waals surface area contributed by atoms with Crippen LogP contribution in [0.5, 0.6) is 0 Å². The number of carbonyl (C=O) groups is 1. The maximum absolute atomic E-state index is 13.8.